The third kappa shape index (κ3) is 2.06. The van der Waals surface area contributed by atoms with Gasteiger partial charge in [-0.3, -0.25) is 0 Å². The number of hydrogen-bond donors (Lipinski definition) is 1. The molecule has 7 nitrogen and oxygen atoms in total. The highest BCUT2D eigenvalue weighted by molar-refractivity contribution is 5.47. The van der Waals surface area contributed by atoms with E-state index in [2.05, 4.69) is 15.3 Å². The molecule has 1 heterocycles. The zero-order valence-corrected chi connectivity index (χ0v) is 9.22. The van der Waals surface area contributed by atoms with E-state index >= 15 is 0 Å². The van der Waals surface area contributed by atoms with Crippen molar-refractivity contribution in [3.8, 4) is 24.1 Å². The molecule has 0 aliphatic rings. The topological polar surface area (TPSA) is 118 Å². The molecule has 84 valence electrons. The molecule has 0 aliphatic carbocycles. The molecule has 7 heteroatoms. The maximum atomic E-state index is 8.94. The van der Waals surface area contributed by atoms with E-state index in [1.54, 1.807) is 25.3 Å². The van der Waals surface area contributed by atoms with Crippen LogP contribution in [0.4, 0.5) is 5.95 Å². The SMILES string of the molecule is CNc1nc(OC)cc(C(C#N)(C#N)C#N)n1. The normalized spacial score (nSPS) is 9.59. The predicted octanol–water partition coefficient (Wildman–Crippen LogP) is 0.335. The minimum Gasteiger partial charge on any atom is -0.481 e. The molecule has 1 rings (SSSR count). The fourth-order valence-corrected chi connectivity index (χ4v) is 1.08. The molecule has 0 saturated carbocycles. The van der Waals surface area contributed by atoms with Gasteiger partial charge < -0.3 is 10.1 Å². The fourth-order valence-electron chi connectivity index (χ4n) is 1.08. The van der Waals surface area contributed by atoms with Crippen LogP contribution in [0.15, 0.2) is 6.07 Å². The van der Waals surface area contributed by atoms with Crippen molar-refractivity contribution in [2.45, 2.75) is 5.41 Å². The smallest absolute Gasteiger partial charge is 0.270 e. The van der Waals surface area contributed by atoms with Gasteiger partial charge in [0.2, 0.25) is 11.8 Å². The molecule has 0 aliphatic heterocycles. The van der Waals surface area contributed by atoms with E-state index < -0.39 is 5.41 Å². The van der Waals surface area contributed by atoms with Gasteiger partial charge in [-0.1, -0.05) is 0 Å². The number of methoxy groups -OCH3 is 1. The maximum absolute atomic E-state index is 8.94. The van der Waals surface area contributed by atoms with Gasteiger partial charge in [-0.15, -0.1) is 0 Å². The highest BCUT2D eigenvalue weighted by Crippen LogP contribution is 2.24. The van der Waals surface area contributed by atoms with Crippen LogP contribution in [0.3, 0.4) is 0 Å². The van der Waals surface area contributed by atoms with Gasteiger partial charge in [-0.25, -0.2) is 4.98 Å². The molecular weight excluding hydrogens is 220 g/mol. The van der Waals surface area contributed by atoms with Crippen LogP contribution in [0.25, 0.3) is 0 Å². The zero-order chi connectivity index (χ0) is 12.9. The summed E-state index contributed by atoms with van der Waals surface area (Å²) in [5.74, 6) is 0.342. The van der Waals surface area contributed by atoms with E-state index in [4.69, 9.17) is 20.5 Å². The second-order valence-corrected chi connectivity index (χ2v) is 2.95. The van der Waals surface area contributed by atoms with Crippen LogP contribution >= 0.6 is 0 Å². The molecule has 0 radical (unpaired) electrons. The first-order chi connectivity index (χ1) is 8.15. The monoisotopic (exact) mass is 228 g/mol. The summed E-state index contributed by atoms with van der Waals surface area (Å²) in [4.78, 5) is 7.83. The molecule has 0 amide bonds. The zero-order valence-electron chi connectivity index (χ0n) is 9.22. The average molecular weight is 228 g/mol. The minimum atomic E-state index is -1.96. The number of ether oxygens (including phenoxy) is 1. The predicted molar refractivity (Wildman–Crippen MR) is 56.6 cm³/mol. The van der Waals surface area contributed by atoms with E-state index in [1.807, 2.05) is 0 Å². The molecule has 1 aromatic heterocycles. The number of nitrogens with one attached hydrogen (secondary N) is 1. The van der Waals surface area contributed by atoms with Crippen LogP contribution in [0, 0.1) is 34.0 Å². The van der Waals surface area contributed by atoms with E-state index in [-0.39, 0.29) is 17.5 Å². The van der Waals surface area contributed by atoms with Gasteiger partial charge in [-0.2, -0.15) is 20.8 Å². The van der Waals surface area contributed by atoms with Crippen molar-refractivity contribution >= 4 is 5.95 Å². The summed E-state index contributed by atoms with van der Waals surface area (Å²) in [6.45, 7) is 0. The first-order valence-corrected chi connectivity index (χ1v) is 4.50. The molecular formula is C10H8N6O. The second-order valence-electron chi connectivity index (χ2n) is 2.95. The van der Waals surface area contributed by atoms with Crippen molar-refractivity contribution in [2.24, 2.45) is 0 Å². The third-order valence-electron chi connectivity index (χ3n) is 2.02. The lowest BCUT2D eigenvalue weighted by molar-refractivity contribution is 0.396. The molecule has 0 saturated heterocycles. The van der Waals surface area contributed by atoms with Crippen molar-refractivity contribution in [3.05, 3.63) is 11.8 Å². The Morgan fingerprint density at radius 3 is 2.24 bits per heavy atom. The number of nitriles is 3. The summed E-state index contributed by atoms with van der Waals surface area (Å²) in [6, 6.07) is 6.20. The largest absolute Gasteiger partial charge is 0.481 e. The number of anilines is 1. The van der Waals surface area contributed by atoms with Gasteiger partial charge in [0.1, 0.15) is 18.2 Å². The molecule has 0 atom stereocenters. The van der Waals surface area contributed by atoms with Crippen LogP contribution in [-0.4, -0.2) is 24.1 Å². The molecule has 1 aromatic rings. The Balaban J connectivity index is 3.47. The Morgan fingerprint density at radius 1 is 1.24 bits per heavy atom. The fraction of sp³-hybridized carbons (Fsp3) is 0.300. The lowest BCUT2D eigenvalue weighted by Gasteiger charge is -2.11. The standard InChI is InChI=1S/C10H8N6O/c1-14-9-15-7(3-8(16-9)17-2)10(4-11,5-12)6-13/h3H,1-2H3,(H,14,15,16). The van der Waals surface area contributed by atoms with Gasteiger partial charge in [0.25, 0.3) is 5.41 Å². The summed E-state index contributed by atoms with van der Waals surface area (Å²) in [5.41, 5.74) is -1.97. The Labute approximate surface area is 97.9 Å². The number of hydrogen-bond acceptors (Lipinski definition) is 7. The highest BCUT2D eigenvalue weighted by atomic mass is 16.5. The Morgan fingerprint density at radius 2 is 1.82 bits per heavy atom. The molecule has 17 heavy (non-hydrogen) atoms. The van der Waals surface area contributed by atoms with E-state index in [0.29, 0.717) is 0 Å². The molecule has 0 aromatic carbocycles. The van der Waals surface area contributed by atoms with E-state index in [0.717, 1.165) is 0 Å². The summed E-state index contributed by atoms with van der Waals surface area (Å²) < 4.78 is 4.91. The molecule has 0 unspecified atom stereocenters. The quantitative estimate of drug-likeness (QED) is 0.791. The second kappa shape index (κ2) is 4.78. The van der Waals surface area contributed by atoms with Crippen LogP contribution in [0.2, 0.25) is 0 Å². The van der Waals surface area contributed by atoms with Crippen molar-refractivity contribution < 1.29 is 4.74 Å². The first-order valence-electron chi connectivity index (χ1n) is 4.50. The minimum absolute atomic E-state index is 0.0128. The molecule has 1 N–H and O–H groups in total. The van der Waals surface area contributed by atoms with Crippen molar-refractivity contribution in [1.82, 2.24) is 9.97 Å². The molecule has 0 bridgehead atoms. The van der Waals surface area contributed by atoms with Crippen LogP contribution in [0.5, 0.6) is 5.88 Å². The lowest BCUT2D eigenvalue weighted by atomic mass is 9.89. The van der Waals surface area contributed by atoms with Crippen molar-refractivity contribution in [2.75, 3.05) is 19.5 Å². The average Bonchev–Trinajstić information content (AvgIpc) is 2.41. The van der Waals surface area contributed by atoms with E-state index in [1.165, 1.54) is 13.2 Å². The van der Waals surface area contributed by atoms with Crippen molar-refractivity contribution in [1.29, 1.82) is 15.8 Å². The summed E-state index contributed by atoms with van der Waals surface area (Å²) >= 11 is 0. The lowest BCUT2D eigenvalue weighted by Crippen LogP contribution is -2.22. The van der Waals surface area contributed by atoms with Gasteiger partial charge in [0.15, 0.2) is 0 Å². The Hall–Kier alpha value is -2.85. The van der Waals surface area contributed by atoms with Gasteiger partial charge in [0.05, 0.1) is 12.8 Å². The molecule has 0 fully saturated rings. The number of aromatic nitrogens is 2. The van der Waals surface area contributed by atoms with Crippen LogP contribution < -0.4 is 10.1 Å². The van der Waals surface area contributed by atoms with Crippen LogP contribution in [-0.2, 0) is 5.41 Å². The number of nitrogens with zero attached hydrogens (tertiary/aromatic N) is 5. The number of rotatable bonds is 3. The molecule has 0 spiro atoms. The summed E-state index contributed by atoms with van der Waals surface area (Å²) in [5, 5.41) is 29.5. The van der Waals surface area contributed by atoms with Crippen LogP contribution in [0.1, 0.15) is 5.69 Å². The Bertz CT molecular complexity index is 489. The summed E-state index contributed by atoms with van der Waals surface area (Å²) in [7, 11) is 2.96. The Kier molecular flexibility index (Phi) is 3.44. The highest BCUT2D eigenvalue weighted by Gasteiger charge is 2.35. The van der Waals surface area contributed by atoms with Gasteiger partial charge in [0, 0.05) is 13.1 Å². The van der Waals surface area contributed by atoms with Gasteiger partial charge in [-0.05, 0) is 0 Å². The van der Waals surface area contributed by atoms with E-state index in [9.17, 15) is 0 Å². The summed E-state index contributed by atoms with van der Waals surface area (Å²) in [6.07, 6.45) is 0. The third-order valence-corrected chi connectivity index (χ3v) is 2.02. The van der Waals surface area contributed by atoms with Gasteiger partial charge >= 0.3 is 0 Å². The van der Waals surface area contributed by atoms with Crippen molar-refractivity contribution in [3.63, 3.8) is 0 Å². The first kappa shape index (κ1) is 12.2. The maximum Gasteiger partial charge on any atom is 0.270 e.